The zero-order chi connectivity index (χ0) is 11.2. The van der Waals surface area contributed by atoms with Gasteiger partial charge in [-0.25, -0.2) is 0 Å². The van der Waals surface area contributed by atoms with Gasteiger partial charge in [0.25, 0.3) is 5.91 Å². The third-order valence-electron chi connectivity index (χ3n) is 3.14. The van der Waals surface area contributed by atoms with Gasteiger partial charge in [0.2, 0.25) is 5.91 Å². The predicted molar refractivity (Wildman–Crippen MR) is 55.1 cm³/mol. The molecule has 1 heterocycles. The summed E-state index contributed by atoms with van der Waals surface area (Å²) in [6, 6.07) is 7.05. The van der Waals surface area contributed by atoms with Gasteiger partial charge < -0.3 is 10.6 Å². The lowest BCUT2D eigenvalue weighted by Gasteiger charge is -2.29. The molecule has 1 aliphatic rings. The smallest absolute Gasteiger partial charge is 0.255 e. The van der Waals surface area contributed by atoms with E-state index in [4.69, 9.17) is 5.73 Å². The molecule has 1 aliphatic heterocycles. The molecule has 0 saturated heterocycles. The fraction of sp³-hybridized carbons (Fsp3) is 0.273. The van der Waals surface area contributed by atoms with Crippen LogP contribution < -0.4 is 5.73 Å². The van der Waals surface area contributed by atoms with E-state index in [-0.39, 0.29) is 5.91 Å². The fourth-order valence-electron chi connectivity index (χ4n) is 1.96. The summed E-state index contributed by atoms with van der Waals surface area (Å²) in [6.45, 7) is 1.67. The SMILES string of the molecule is CN1C(=O)c2ccccc2C1(C)C(N)=O. The molecular weight excluding hydrogens is 192 g/mol. The van der Waals surface area contributed by atoms with Gasteiger partial charge in [-0.15, -0.1) is 0 Å². The van der Waals surface area contributed by atoms with E-state index in [9.17, 15) is 9.59 Å². The highest BCUT2D eigenvalue weighted by molar-refractivity contribution is 6.06. The lowest BCUT2D eigenvalue weighted by molar-refractivity contribution is -0.127. The van der Waals surface area contributed by atoms with E-state index in [0.717, 1.165) is 0 Å². The minimum absolute atomic E-state index is 0.160. The Morgan fingerprint density at radius 2 is 2.00 bits per heavy atom. The molecule has 0 bridgehead atoms. The Balaban J connectivity index is 2.71. The maximum absolute atomic E-state index is 11.8. The fourth-order valence-corrected chi connectivity index (χ4v) is 1.96. The molecular formula is C11H12N2O2. The van der Waals surface area contributed by atoms with E-state index in [0.29, 0.717) is 11.1 Å². The second kappa shape index (κ2) is 2.82. The van der Waals surface area contributed by atoms with Crippen LogP contribution in [0.2, 0.25) is 0 Å². The van der Waals surface area contributed by atoms with Crippen molar-refractivity contribution < 1.29 is 9.59 Å². The number of carbonyl (C=O) groups is 2. The van der Waals surface area contributed by atoms with Crippen molar-refractivity contribution in [3.8, 4) is 0 Å². The molecule has 0 radical (unpaired) electrons. The number of likely N-dealkylation sites (N-methyl/N-ethyl adjacent to an activating group) is 1. The minimum atomic E-state index is -1.02. The quantitative estimate of drug-likeness (QED) is 0.722. The normalized spacial score (nSPS) is 24.1. The van der Waals surface area contributed by atoms with Crippen LogP contribution in [-0.2, 0) is 10.3 Å². The summed E-state index contributed by atoms with van der Waals surface area (Å²) in [5.74, 6) is -0.671. The molecule has 0 spiro atoms. The van der Waals surface area contributed by atoms with Crippen LogP contribution in [0, 0.1) is 0 Å². The Hall–Kier alpha value is -1.84. The summed E-state index contributed by atoms with van der Waals surface area (Å²) in [6.07, 6.45) is 0. The van der Waals surface area contributed by atoms with Crippen molar-refractivity contribution in [2.75, 3.05) is 7.05 Å². The van der Waals surface area contributed by atoms with Crippen LogP contribution in [0.4, 0.5) is 0 Å². The first kappa shape index (κ1) is 9.71. The zero-order valence-electron chi connectivity index (χ0n) is 8.65. The number of hydrogen-bond donors (Lipinski definition) is 1. The molecule has 78 valence electrons. The van der Waals surface area contributed by atoms with Crippen LogP contribution in [0.1, 0.15) is 22.8 Å². The molecule has 0 aromatic heterocycles. The summed E-state index contributed by atoms with van der Waals surface area (Å²) in [7, 11) is 1.59. The topological polar surface area (TPSA) is 63.4 Å². The Morgan fingerprint density at radius 3 is 2.60 bits per heavy atom. The maximum Gasteiger partial charge on any atom is 0.255 e. The predicted octanol–water partition coefficient (Wildman–Crippen LogP) is 0.473. The molecule has 2 rings (SSSR count). The van der Waals surface area contributed by atoms with Crippen LogP contribution in [0.5, 0.6) is 0 Å². The van der Waals surface area contributed by atoms with Gasteiger partial charge >= 0.3 is 0 Å². The second-order valence-electron chi connectivity index (χ2n) is 3.85. The van der Waals surface area contributed by atoms with Gasteiger partial charge in [-0.2, -0.15) is 0 Å². The molecule has 2 N–H and O–H groups in total. The highest BCUT2D eigenvalue weighted by Gasteiger charge is 2.48. The lowest BCUT2D eigenvalue weighted by Crippen LogP contribution is -2.48. The number of hydrogen-bond acceptors (Lipinski definition) is 2. The zero-order valence-corrected chi connectivity index (χ0v) is 8.65. The summed E-state index contributed by atoms with van der Waals surface area (Å²) < 4.78 is 0. The van der Waals surface area contributed by atoms with Gasteiger partial charge in [-0.1, -0.05) is 18.2 Å². The number of nitrogens with zero attached hydrogens (tertiary/aromatic N) is 1. The second-order valence-corrected chi connectivity index (χ2v) is 3.85. The largest absolute Gasteiger partial charge is 0.367 e. The maximum atomic E-state index is 11.8. The standard InChI is InChI=1S/C11H12N2O2/c1-11(10(12)15)8-6-4-3-5-7(8)9(14)13(11)2/h3-6H,1-2H3,(H2,12,15). The number of primary amides is 1. The van der Waals surface area contributed by atoms with Gasteiger partial charge in [0.15, 0.2) is 0 Å². The molecule has 1 atom stereocenters. The van der Waals surface area contributed by atoms with Crippen LogP contribution in [0.3, 0.4) is 0 Å². The summed E-state index contributed by atoms with van der Waals surface area (Å²) >= 11 is 0. The van der Waals surface area contributed by atoms with Crippen molar-refractivity contribution in [1.82, 2.24) is 4.90 Å². The molecule has 15 heavy (non-hydrogen) atoms. The molecule has 2 amide bonds. The number of amides is 2. The number of fused-ring (bicyclic) bond motifs is 1. The molecule has 1 aromatic rings. The Labute approximate surface area is 87.7 Å². The summed E-state index contributed by atoms with van der Waals surface area (Å²) in [4.78, 5) is 24.7. The Morgan fingerprint density at radius 1 is 1.40 bits per heavy atom. The highest BCUT2D eigenvalue weighted by Crippen LogP contribution is 2.37. The van der Waals surface area contributed by atoms with E-state index in [1.807, 2.05) is 0 Å². The van der Waals surface area contributed by atoms with Crippen LogP contribution in [0.15, 0.2) is 24.3 Å². The molecule has 4 heteroatoms. The number of nitrogens with two attached hydrogens (primary N) is 1. The van der Waals surface area contributed by atoms with Crippen LogP contribution in [0.25, 0.3) is 0 Å². The van der Waals surface area contributed by atoms with E-state index in [2.05, 4.69) is 0 Å². The third-order valence-corrected chi connectivity index (χ3v) is 3.14. The molecule has 1 aromatic carbocycles. The van der Waals surface area contributed by atoms with Crippen molar-refractivity contribution in [3.05, 3.63) is 35.4 Å². The molecule has 0 aliphatic carbocycles. The monoisotopic (exact) mass is 204 g/mol. The van der Waals surface area contributed by atoms with Gasteiger partial charge in [0.1, 0.15) is 5.54 Å². The summed E-state index contributed by atoms with van der Waals surface area (Å²) in [5, 5.41) is 0. The molecule has 0 saturated carbocycles. The summed E-state index contributed by atoms with van der Waals surface area (Å²) in [5.41, 5.74) is 5.59. The number of carbonyl (C=O) groups excluding carboxylic acids is 2. The highest BCUT2D eigenvalue weighted by atomic mass is 16.2. The van der Waals surface area contributed by atoms with Crippen molar-refractivity contribution in [3.63, 3.8) is 0 Å². The van der Waals surface area contributed by atoms with E-state index in [1.165, 1.54) is 4.90 Å². The number of rotatable bonds is 1. The number of benzene rings is 1. The van der Waals surface area contributed by atoms with Crippen molar-refractivity contribution in [2.24, 2.45) is 5.73 Å². The first-order valence-electron chi connectivity index (χ1n) is 4.67. The van der Waals surface area contributed by atoms with Crippen molar-refractivity contribution in [2.45, 2.75) is 12.5 Å². The molecule has 1 unspecified atom stereocenters. The van der Waals surface area contributed by atoms with Gasteiger partial charge in [0, 0.05) is 12.6 Å². The Kier molecular flexibility index (Phi) is 1.83. The van der Waals surface area contributed by atoms with Gasteiger partial charge in [-0.3, -0.25) is 9.59 Å². The van der Waals surface area contributed by atoms with Crippen molar-refractivity contribution >= 4 is 11.8 Å². The van der Waals surface area contributed by atoms with E-state index >= 15 is 0 Å². The first-order chi connectivity index (χ1) is 6.99. The van der Waals surface area contributed by atoms with E-state index in [1.54, 1.807) is 38.2 Å². The molecule has 4 nitrogen and oxygen atoms in total. The third kappa shape index (κ3) is 1.02. The van der Waals surface area contributed by atoms with Crippen LogP contribution in [-0.4, -0.2) is 23.8 Å². The molecule has 0 fully saturated rings. The first-order valence-corrected chi connectivity index (χ1v) is 4.67. The van der Waals surface area contributed by atoms with Crippen molar-refractivity contribution in [1.29, 1.82) is 0 Å². The lowest BCUT2D eigenvalue weighted by atomic mass is 9.91. The minimum Gasteiger partial charge on any atom is -0.367 e. The Bertz CT molecular complexity index is 456. The van der Waals surface area contributed by atoms with Gasteiger partial charge in [0.05, 0.1) is 0 Å². The van der Waals surface area contributed by atoms with Gasteiger partial charge in [-0.05, 0) is 18.6 Å². The average Bonchev–Trinajstić information content (AvgIpc) is 2.43. The van der Waals surface area contributed by atoms with Crippen LogP contribution >= 0.6 is 0 Å². The average molecular weight is 204 g/mol. The van der Waals surface area contributed by atoms with E-state index < -0.39 is 11.4 Å².